The highest BCUT2D eigenvalue weighted by atomic mass is 16.4. The van der Waals surface area contributed by atoms with Crippen molar-refractivity contribution < 1.29 is 19.5 Å². The number of aldehydes is 1. The summed E-state index contributed by atoms with van der Waals surface area (Å²) in [4.78, 5) is 51.6. The van der Waals surface area contributed by atoms with Crippen LogP contribution in [0.5, 0.6) is 0 Å². The number of carbonyl (C=O) groups is 3. The normalized spacial score (nSPS) is 13.5. The number of benzene rings is 1. The fraction of sp³-hybridized carbons (Fsp3) is 0.333. The topological polar surface area (TPSA) is 123 Å². The van der Waals surface area contributed by atoms with Crippen LogP contribution < -0.4 is 15.8 Å². The first-order chi connectivity index (χ1) is 14.3. The molecular formula is C21H24N4O5. The minimum atomic E-state index is -1.06. The molecule has 0 radical (unpaired) electrons. The highest BCUT2D eigenvalue weighted by molar-refractivity contribution is 5.80. The first kappa shape index (κ1) is 21.1. The van der Waals surface area contributed by atoms with E-state index in [1.807, 2.05) is 31.2 Å². The van der Waals surface area contributed by atoms with Crippen molar-refractivity contribution in [3.8, 4) is 11.3 Å². The van der Waals surface area contributed by atoms with Crippen LogP contribution in [0.25, 0.3) is 11.3 Å². The number of rotatable bonds is 7. The van der Waals surface area contributed by atoms with Crippen molar-refractivity contribution in [1.82, 2.24) is 15.2 Å². The Balaban J connectivity index is 1.64. The summed E-state index contributed by atoms with van der Waals surface area (Å²) in [5.41, 5.74) is 3.14. The molecule has 30 heavy (non-hydrogen) atoms. The van der Waals surface area contributed by atoms with Crippen molar-refractivity contribution in [3.63, 3.8) is 0 Å². The number of aromatic nitrogens is 1. The lowest BCUT2D eigenvalue weighted by Crippen LogP contribution is -2.61. The van der Waals surface area contributed by atoms with E-state index in [4.69, 9.17) is 5.11 Å². The first-order valence-electron chi connectivity index (χ1n) is 9.62. The predicted octanol–water partition coefficient (Wildman–Crippen LogP) is 1.33. The van der Waals surface area contributed by atoms with Crippen LogP contribution in [0.4, 0.5) is 10.5 Å². The lowest BCUT2D eigenvalue weighted by molar-refractivity contribution is -0.137. The van der Waals surface area contributed by atoms with Gasteiger partial charge < -0.3 is 25.2 Å². The van der Waals surface area contributed by atoms with Crippen LogP contribution >= 0.6 is 0 Å². The highest BCUT2D eigenvalue weighted by Gasteiger charge is 2.29. The molecule has 9 heteroatoms. The fourth-order valence-corrected chi connectivity index (χ4v) is 3.39. The number of carboxylic acid groups (broad SMARTS) is 1. The Labute approximate surface area is 173 Å². The van der Waals surface area contributed by atoms with E-state index >= 15 is 0 Å². The number of nitrogens with one attached hydrogen (secondary N) is 2. The van der Waals surface area contributed by atoms with Gasteiger partial charge in [0.1, 0.15) is 6.54 Å². The SMILES string of the molecule is CCc1cc(C=O)c(=O)[nH]c1-c1ccc(N2CC(NC(=O)N(C)CC(=O)O)C2)cc1. The van der Waals surface area contributed by atoms with Crippen molar-refractivity contribution in [2.45, 2.75) is 19.4 Å². The molecule has 0 unspecified atom stereocenters. The maximum atomic E-state index is 12.0. The summed E-state index contributed by atoms with van der Waals surface area (Å²) in [5.74, 6) is -1.06. The number of anilines is 1. The predicted molar refractivity (Wildman–Crippen MR) is 112 cm³/mol. The van der Waals surface area contributed by atoms with Crippen molar-refractivity contribution >= 4 is 24.0 Å². The fourth-order valence-electron chi connectivity index (χ4n) is 3.39. The van der Waals surface area contributed by atoms with Crippen LogP contribution in [-0.4, -0.2) is 66.0 Å². The number of H-pyrrole nitrogens is 1. The van der Waals surface area contributed by atoms with E-state index < -0.39 is 17.6 Å². The van der Waals surface area contributed by atoms with Gasteiger partial charge in [0.2, 0.25) is 0 Å². The van der Waals surface area contributed by atoms with Gasteiger partial charge in [-0.15, -0.1) is 0 Å². The number of amides is 2. The quantitative estimate of drug-likeness (QED) is 0.590. The van der Waals surface area contributed by atoms with Crippen LogP contribution in [0, 0.1) is 0 Å². The summed E-state index contributed by atoms with van der Waals surface area (Å²) >= 11 is 0. The average molecular weight is 412 g/mol. The van der Waals surface area contributed by atoms with E-state index in [1.54, 1.807) is 6.07 Å². The minimum Gasteiger partial charge on any atom is -0.480 e. The van der Waals surface area contributed by atoms with Gasteiger partial charge in [-0.3, -0.25) is 14.4 Å². The lowest BCUT2D eigenvalue weighted by atomic mass is 10.0. The summed E-state index contributed by atoms with van der Waals surface area (Å²) in [6.07, 6.45) is 1.24. The molecule has 2 amide bonds. The molecule has 0 aliphatic carbocycles. The smallest absolute Gasteiger partial charge is 0.323 e. The molecule has 158 valence electrons. The average Bonchev–Trinajstić information content (AvgIpc) is 2.69. The number of carboxylic acids is 1. The number of pyridine rings is 1. The zero-order valence-electron chi connectivity index (χ0n) is 16.8. The second kappa shape index (κ2) is 8.81. The molecule has 1 saturated heterocycles. The Morgan fingerprint density at radius 1 is 1.30 bits per heavy atom. The Morgan fingerprint density at radius 3 is 2.53 bits per heavy atom. The maximum absolute atomic E-state index is 12.0. The number of aliphatic carboxylic acids is 1. The Morgan fingerprint density at radius 2 is 1.97 bits per heavy atom. The van der Waals surface area contributed by atoms with Gasteiger partial charge in [-0.2, -0.15) is 0 Å². The number of hydrogen-bond acceptors (Lipinski definition) is 5. The van der Waals surface area contributed by atoms with Crippen LogP contribution in [0.3, 0.4) is 0 Å². The summed E-state index contributed by atoms with van der Waals surface area (Å²) in [6, 6.07) is 8.86. The van der Waals surface area contributed by atoms with Gasteiger partial charge in [-0.05, 0) is 35.7 Å². The molecule has 0 atom stereocenters. The molecule has 0 saturated carbocycles. The Bertz CT molecular complexity index is 1010. The highest BCUT2D eigenvalue weighted by Crippen LogP contribution is 2.26. The standard InChI is InChI=1S/C21H24N4O5/c1-3-13-8-15(12-26)20(29)23-19(13)14-4-6-17(7-5-14)25-9-16(10-25)22-21(30)24(2)11-18(27)28/h4-8,12,16H,3,9-11H2,1-2H3,(H,22,30)(H,23,29)(H,27,28). The van der Waals surface area contributed by atoms with Gasteiger partial charge in [0, 0.05) is 25.8 Å². The zero-order chi connectivity index (χ0) is 21.8. The van der Waals surface area contributed by atoms with Crippen LogP contribution in [-0.2, 0) is 11.2 Å². The van der Waals surface area contributed by atoms with Crippen molar-refractivity contribution in [2.75, 3.05) is 31.6 Å². The molecule has 1 aliphatic rings. The number of likely N-dealkylation sites (N-methyl/N-ethyl adjacent to an activating group) is 1. The van der Waals surface area contributed by atoms with E-state index in [2.05, 4.69) is 15.2 Å². The third-order valence-corrected chi connectivity index (χ3v) is 5.11. The second-order valence-corrected chi connectivity index (χ2v) is 7.27. The molecular weight excluding hydrogens is 388 g/mol. The van der Waals surface area contributed by atoms with E-state index in [-0.39, 0.29) is 18.2 Å². The molecule has 1 fully saturated rings. The van der Waals surface area contributed by atoms with Gasteiger partial charge in [-0.1, -0.05) is 19.1 Å². The first-order valence-corrected chi connectivity index (χ1v) is 9.62. The number of nitrogens with zero attached hydrogens (tertiary/aromatic N) is 2. The maximum Gasteiger partial charge on any atom is 0.323 e. The second-order valence-electron chi connectivity index (χ2n) is 7.27. The number of carbonyl (C=O) groups excluding carboxylic acids is 2. The summed E-state index contributed by atoms with van der Waals surface area (Å²) in [7, 11) is 1.44. The molecule has 1 aromatic heterocycles. The largest absolute Gasteiger partial charge is 0.480 e. The van der Waals surface area contributed by atoms with Crippen LogP contribution in [0.1, 0.15) is 22.8 Å². The molecule has 1 aromatic carbocycles. The van der Waals surface area contributed by atoms with Crippen molar-refractivity contribution in [2.24, 2.45) is 0 Å². The monoisotopic (exact) mass is 412 g/mol. The molecule has 3 N–H and O–H groups in total. The van der Waals surface area contributed by atoms with Gasteiger partial charge in [0.25, 0.3) is 5.56 Å². The van der Waals surface area contributed by atoms with Crippen molar-refractivity contribution in [3.05, 3.63) is 51.8 Å². The molecule has 2 heterocycles. The molecule has 1 aliphatic heterocycles. The molecule has 2 aromatic rings. The summed E-state index contributed by atoms with van der Waals surface area (Å²) in [5, 5.41) is 11.5. The summed E-state index contributed by atoms with van der Waals surface area (Å²) < 4.78 is 0. The van der Waals surface area contributed by atoms with E-state index in [1.165, 1.54) is 7.05 Å². The van der Waals surface area contributed by atoms with Gasteiger partial charge in [0.05, 0.1) is 17.3 Å². The molecule has 0 spiro atoms. The molecule has 9 nitrogen and oxygen atoms in total. The van der Waals surface area contributed by atoms with Gasteiger partial charge in [0.15, 0.2) is 6.29 Å². The molecule has 3 rings (SSSR count). The Kier molecular flexibility index (Phi) is 6.20. The zero-order valence-corrected chi connectivity index (χ0v) is 16.8. The van der Waals surface area contributed by atoms with Crippen molar-refractivity contribution in [1.29, 1.82) is 0 Å². The van der Waals surface area contributed by atoms with E-state index in [9.17, 15) is 19.2 Å². The van der Waals surface area contributed by atoms with Gasteiger partial charge in [-0.25, -0.2) is 4.79 Å². The number of urea groups is 1. The third-order valence-electron chi connectivity index (χ3n) is 5.11. The van der Waals surface area contributed by atoms with E-state index in [0.29, 0.717) is 31.5 Å². The Hall–Kier alpha value is -3.62. The van der Waals surface area contributed by atoms with Crippen LogP contribution in [0.15, 0.2) is 35.1 Å². The summed E-state index contributed by atoms with van der Waals surface area (Å²) in [6.45, 7) is 2.86. The minimum absolute atomic E-state index is 0.0487. The van der Waals surface area contributed by atoms with Gasteiger partial charge >= 0.3 is 12.0 Å². The number of aromatic amines is 1. The van der Waals surface area contributed by atoms with Crippen LogP contribution in [0.2, 0.25) is 0 Å². The molecule has 0 bridgehead atoms. The number of aryl methyl sites for hydroxylation is 1. The van der Waals surface area contributed by atoms with E-state index in [0.717, 1.165) is 21.7 Å². The third kappa shape index (κ3) is 4.51. The lowest BCUT2D eigenvalue weighted by Gasteiger charge is -2.41. The number of hydrogen-bond donors (Lipinski definition) is 3.